The van der Waals surface area contributed by atoms with Crippen LogP contribution in [-0.4, -0.2) is 28.6 Å². The first kappa shape index (κ1) is 22.9. The van der Waals surface area contributed by atoms with E-state index in [-0.39, 0.29) is 11.3 Å². The summed E-state index contributed by atoms with van der Waals surface area (Å²) in [6.07, 6.45) is 2.60. The molecule has 0 atom stereocenters. The number of nitrogens with zero attached hydrogens (tertiary/aromatic N) is 2. The van der Waals surface area contributed by atoms with E-state index in [2.05, 4.69) is 60.1 Å². The number of hydrogen-bond acceptors (Lipinski definition) is 3. The normalized spacial score (nSPS) is 11.6. The molecule has 0 aliphatic heterocycles. The standard InChI is InChI=1S/C26H35N3O2/c1-19-16-20(2)18-21(17-19)31-15-9-14-29-23-11-7-6-10-22(23)28-24(29)12-8-13-27-25(30)26(3,4)5/h6-7,10-11,16-18H,8-9,12-15H2,1-5H3,(H,27,30). The second-order valence-electron chi connectivity index (χ2n) is 9.30. The lowest BCUT2D eigenvalue weighted by atomic mass is 9.96. The number of aromatic nitrogens is 2. The first-order valence-electron chi connectivity index (χ1n) is 11.2. The number of rotatable bonds is 9. The summed E-state index contributed by atoms with van der Waals surface area (Å²) >= 11 is 0. The molecular formula is C26H35N3O2. The topological polar surface area (TPSA) is 56.1 Å². The van der Waals surface area contributed by atoms with Crippen LogP contribution < -0.4 is 10.1 Å². The van der Waals surface area contributed by atoms with Gasteiger partial charge in [0.05, 0.1) is 17.6 Å². The Kier molecular flexibility index (Phi) is 7.37. The van der Waals surface area contributed by atoms with Gasteiger partial charge in [-0.1, -0.05) is 39.0 Å². The van der Waals surface area contributed by atoms with E-state index in [0.29, 0.717) is 13.2 Å². The van der Waals surface area contributed by atoms with Crippen molar-refractivity contribution in [1.82, 2.24) is 14.9 Å². The van der Waals surface area contributed by atoms with Crippen molar-refractivity contribution in [2.45, 2.75) is 60.4 Å². The van der Waals surface area contributed by atoms with Crippen LogP contribution in [0.3, 0.4) is 0 Å². The number of carbonyl (C=O) groups excluding carboxylic acids is 1. The Bertz CT molecular complexity index is 1010. The van der Waals surface area contributed by atoms with Crippen LogP contribution in [0.4, 0.5) is 0 Å². The van der Waals surface area contributed by atoms with Crippen molar-refractivity contribution in [3.63, 3.8) is 0 Å². The Labute approximate surface area is 185 Å². The lowest BCUT2D eigenvalue weighted by Gasteiger charge is -2.17. The van der Waals surface area contributed by atoms with E-state index in [4.69, 9.17) is 9.72 Å². The predicted octanol–water partition coefficient (Wildman–Crippen LogP) is 5.22. The highest BCUT2D eigenvalue weighted by Crippen LogP contribution is 2.19. The van der Waals surface area contributed by atoms with Crippen LogP contribution in [0, 0.1) is 19.3 Å². The number of imidazole rings is 1. The molecule has 1 aromatic heterocycles. The molecular weight excluding hydrogens is 386 g/mol. The molecule has 31 heavy (non-hydrogen) atoms. The molecule has 0 saturated carbocycles. The van der Waals surface area contributed by atoms with Crippen LogP contribution in [-0.2, 0) is 17.8 Å². The molecule has 2 aromatic carbocycles. The highest BCUT2D eigenvalue weighted by Gasteiger charge is 2.20. The Balaban J connectivity index is 1.59. The highest BCUT2D eigenvalue weighted by molar-refractivity contribution is 5.81. The van der Waals surface area contributed by atoms with E-state index in [1.54, 1.807) is 0 Å². The number of ether oxygens (including phenoxy) is 1. The van der Waals surface area contributed by atoms with Crippen molar-refractivity contribution >= 4 is 16.9 Å². The SMILES string of the molecule is Cc1cc(C)cc(OCCCn2c(CCCNC(=O)C(C)(C)C)nc3ccccc32)c1. The quantitative estimate of drug-likeness (QED) is 0.482. The number of carbonyl (C=O) groups is 1. The molecule has 0 aliphatic carbocycles. The fourth-order valence-electron chi connectivity index (χ4n) is 3.71. The van der Waals surface area contributed by atoms with Crippen LogP contribution in [0.15, 0.2) is 42.5 Å². The smallest absolute Gasteiger partial charge is 0.225 e. The Morgan fingerprint density at radius 1 is 1.06 bits per heavy atom. The molecule has 3 aromatic rings. The van der Waals surface area contributed by atoms with E-state index in [1.807, 2.05) is 26.8 Å². The fourth-order valence-corrected chi connectivity index (χ4v) is 3.71. The first-order valence-corrected chi connectivity index (χ1v) is 11.2. The fraction of sp³-hybridized carbons (Fsp3) is 0.462. The van der Waals surface area contributed by atoms with Gasteiger partial charge in [-0.25, -0.2) is 4.98 Å². The van der Waals surface area contributed by atoms with Gasteiger partial charge in [0, 0.05) is 24.9 Å². The van der Waals surface area contributed by atoms with Crippen LogP contribution in [0.25, 0.3) is 11.0 Å². The lowest BCUT2D eigenvalue weighted by Crippen LogP contribution is -2.35. The molecule has 3 rings (SSSR count). The Hall–Kier alpha value is -2.82. The largest absolute Gasteiger partial charge is 0.494 e. The molecule has 0 spiro atoms. The lowest BCUT2D eigenvalue weighted by molar-refractivity contribution is -0.128. The van der Waals surface area contributed by atoms with Crippen molar-refractivity contribution in [2.75, 3.05) is 13.2 Å². The number of para-hydroxylation sites is 2. The molecule has 1 heterocycles. The number of hydrogen-bond donors (Lipinski definition) is 1. The van der Waals surface area contributed by atoms with E-state index in [9.17, 15) is 4.79 Å². The summed E-state index contributed by atoms with van der Waals surface area (Å²) in [6.45, 7) is 12.2. The molecule has 5 nitrogen and oxygen atoms in total. The van der Waals surface area contributed by atoms with Crippen molar-refractivity contribution < 1.29 is 9.53 Å². The van der Waals surface area contributed by atoms with Crippen molar-refractivity contribution in [1.29, 1.82) is 0 Å². The van der Waals surface area contributed by atoms with E-state index < -0.39 is 0 Å². The molecule has 0 unspecified atom stereocenters. The summed E-state index contributed by atoms with van der Waals surface area (Å²) in [6, 6.07) is 14.6. The summed E-state index contributed by atoms with van der Waals surface area (Å²) < 4.78 is 8.29. The minimum atomic E-state index is -0.358. The average Bonchev–Trinajstić information content (AvgIpc) is 3.04. The van der Waals surface area contributed by atoms with Gasteiger partial charge in [0.2, 0.25) is 5.91 Å². The van der Waals surface area contributed by atoms with E-state index >= 15 is 0 Å². The Morgan fingerprint density at radius 2 is 1.77 bits per heavy atom. The Morgan fingerprint density at radius 3 is 2.48 bits per heavy atom. The summed E-state index contributed by atoms with van der Waals surface area (Å²) in [4.78, 5) is 16.9. The second-order valence-corrected chi connectivity index (χ2v) is 9.30. The van der Waals surface area contributed by atoms with Gasteiger partial charge in [0.25, 0.3) is 0 Å². The molecule has 0 bridgehead atoms. The predicted molar refractivity (Wildman–Crippen MR) is 127 cm³/mol. The zero-order valence-electron chi connectivity index (χ0n) is 19.5. The van der Waals surface area contributed by atoms with Crippen molar-refractivity contribution in [3.8, 4) is 5.75 Å². The molecule has 0 radical (unpaired) electrons. The molecule has 1 amide bonds. The van der Waals surface area contributed by atoms with Crippen LogP contribution in [0.2, 0.25) is 0 Å². The second kappa shape index (κ2) is 9.99. The van der Waals surface area contributed by atoms with E-state index in [0.717, 1.165) is 48.4 Å². The number of aryl methyl sites for hydroxylation is 4. The van der Waals surface area contributed by atoms with Crippen LogP contribution >= 0.6 is 0 Å². The van der Waals surface area contributed by atoms with Gasteiger partial charge in [-0.3, -0.25) is 4.79 Å². The van der Waals surface area contributed by atoms with Gasteiger partial charge in [0.15, 0.2) is 0 Å². The first-order chi connectivity index (χ1) is 14.7. The molecule has 5 heteroatoms. The minimum absolute atomic E-state index is 0.0875. The van der Waals surface area contributed by atoms with Gasteiger partial charge in [-0.2, -0.15) is 0 Å². The summed E-state index contributed by atoms with van der Waals surface area (Å²) in [5, 5.41) is 3.03. The average molecular weight is 422 g/mol. The van der Waals surface area contributed by atoms with Crippen LogP contribution in [0.5, 0.6) is 5.75 Å². The van der Waals surface area contributed by atoms with Gasteiger partial charge in [-0.15, -0.1) is 0 Å². The van der Waals surface area contributed by atoms with Gasteiger partial charge < -0.3 is 14.6 Å². The zero-order valence-corrected chi connectivity index (χ0v) is 19.5. The van der Waals surface area contributed by atoms with Gasteiger partial charge in [-0.05, 0) is 62.1 Å². The monoisotopic (exact) mass is 421 g/mol. The molecule has 166 valence electrons. The molecule has 0 saturated heterocycles. The molecule has 1 N–H and O–H groups in total. The zero-order chi connectivity index (χ0) is 22.4. The summed E-state index contributed by atoms with van der Waals surface area (Å²) in [5.41, 5.74) is 4.25. The maximum Gasteiger partial charge on any atom is 0.225 e. The third-order valence-electron chi connectivity index (χ3n) is 5.27. The minimum Gasteiger partial charge on any atom is -0.494 e. The van der Waals surface area contributed by atoms with Crippen molar-refractivity contribution in [2.24, 2.45) is 5.41 Å². The maximum atomic E-state index is 12.1. The number of fused-ring (bicyclic) bond motifs is 1. The molecule has 0 aliphatic rings. The third-order valence-corrected chi connectivity index (χ3v) is 5.27. The molecule has 0 fully saturated rings. The summed E-state index contributed by atoms with van der Waals surface area (Å²) in [7, 11) is 0. The number of nitrogens with one attached hydrogen (secondary N) is 1. The van der Waals surface area contributed by atoms with Crippen molar-refractivity contribution in [3.05, 3.63) is 59.4 Å². The maximum absolute atomic E-state index is 12.1. The van der Waals surface area contributed by atoms with Crippen LogP contribution in [0.1, 0.15) is 50.6 Å². The number of benzene rings is 2. The van der Waals surface area contributed by atoms with E-state index in [1.165, 1.54) is 11.1 Å². The third kappa shape index (κ3) is 6.33. The van der Waals surface area contributed by atoms with Gasteiger partial charge in [0.1, 0.15) is 11.6 Å². The van der Waals surface area contributed by atoms with Gasteiger partial charge >= 0.3 is 0 Å². The number of amides is 1. The summed E-state index contributed by atoms with van der Waals surface area (Å²) in [5.74, 6) is 2.09. The highest BCUT2D eigenvalue weighted by atomic mass is 16.5.